The zero-order valence-corrected chi connectivity index (χ0v) is 18.7. The molecule has 2 aromatic carbocycles. The second-order valence-corrected chi connectivity index (χ2v) is 8.84. The fourth-order valence-electron chi connectivity index (χ4n) is 4.96. The summed E-state index contributed by atoms with van der Waals surface area (Å²) in [5.41, 5.74) is 2.05. The van der Waals surface area contributed by atoms with Crippen molar-refractivity contribution in [3.05, 3.63) is 66.2 Å². The van der Waals surface area contributed by atoms with Gasteiger partial charge in [-0.1, -0.05) is 61.4 Å². The lowest BCUT2D eigenvalue weighted by atomic mass is 9.95. The average Bonchev–Trinajstić information content (AvgIpc) is 3.35. The van der Waals surface area contributed by atoms with E-state index in [4.69, 9.17) is 0 Å². The van der Waals surface area contributed by atoms with Crippen LogP contribution >= 0.6 is 0 Å². The van der Waals surface area contributed by atoms with Gasteiger partial charge in [0, 0.05) is 38.4 Å². The standard InChI is InChI=1S/C26H34N4O2/c31-25(27-16-15-21-9-3-1-4-10-21)24(22-11-7-8-12-22)29-17-19-30(20-18-29)26(32)28-23-13-5-2-6-14-23/h1-6,9-10,13-14,22,24H,7-8,11-12,15-20H2,(H,27,31)(H,28,32). The molecule has 32 heavy (non-hydrogen) atoms. The maximum atomic E-state index is 13.2. The van der Waals surface area contributed by atoms with Crippen LogP contribution in [0.4, 0.5) is 10.5 Å². The molecule has 6 nitrogen and oxygen atoms in total. The van der Waals surface area contributed by atoms with Gasteiger partial charge in [-0.05, 0) is 42.9 Å². The number of benzene rings is 2. The van der Waals surface area contributed by atoms with Gasteiger partial charge in [0.15, 0.2) is 0 Å². The Morgan fingerprint density at radius 2 is 1.50 bits per heavy atom. The third-order valence-electron chi connectivity index (χ3n) is 6.69. The number of hydrogen-bond donors (Lipinski definition) is 2. The largest absolute Gasteiger partial charge is 0.354 e. The van der Waals surface area contributed by atoms with Gasteiger partial charge in [0.1, 0.15) is 0 Å². The maximum absolute atomic E-state index is 13.2. The topological polar surface area (TPSA) is 64.7 Å². The number of piperazine rings is 1. The van der Waals surface area contributed by atoms with Crippen LogP contribution in [0.15, 0.2) is 60.7 Å². The van der Waals surface area contributed by atoms with Crippen LogP contribution in [0.1, 0.15) is 31.2 Å². The molecule has 0 radical (unpaired) electrons. The molecule has 1 aliphatic carbocycles. The number of carbonyl (C=O) groups excluding carboxylic acids is 2. The molecule has 2 fully saturated rings. The first-order chi connectivity index (χ1) is 15.7. The summed E-state index contributed by atoms with van der Waals surface area (Å²) in [7, 11) is 0. The van der Waals surface area contributed by atoms with Crippen LogP contribution in [0.25, 0.3) is 0 Å². The predicted molar refractivity (Wildman–Crippen MR) is 128 cm³/mol. The normalized spacial score (nSPS) is 18.3. The van der Waals surface area contributed by atoms with E-state index in [1.807, 2.05) is 53.4 Å². The van der Waals surface area contributed by atoms with E-state index in [0.717, 1.165) is 38.0 Å². The van der Waals surface area contributed by atoms with Gasteiger partial charge in [0.25, 0.3) is 0 Å². The van der Waals surface area contributed by atoms with Crippen molar-refractivity contribution in [2.75, 3.05) is 38.0 Å². The lowest BCUT2D eigenvalue weighted by Crippen LogP contribution is -2.58. The predicted octanol–water partition coefficient (Wildman–Crippen LogP) is 3.75. The van der Waals surface area contributed by atoms with Gasteiger partial charge in [-0.2, -0.15) is 0 Å². The monoisotopic (exact) mass is 434 g/mol. The molecule has 6 heteroatoms. The molecule has 0 aromatic heterocycles. The Hall–Kier alpha value is -2.86. The highest BCUT2D eigenvalue weighted by Crippen LogP contribution is 2.31. The van der Waals surface area contributed by atoms with Crippen LogP contribution in [0.3, 0.4) is 0 Å². The molecule has 2 N–H and O–H groups in total. The minimum Gasteiger partial charge on any atom is -0.354 e. The van der Waals surface area contributed by atoms with Crippen LogP contribution in [0.5, 0.6) is 0 Å². The van der Waals surface area contributed by atoms with Gasteiger partial charge in [-0.3, -0.25) is 9.69 Å². The number of urea groups is 1. The number of amides is 3. The van der Waals surface area contributed by atoms with Crippen molar-refractivity contribution in [2.45, 2.75) is 38.1 Å². The molecule has 2 aliphatic rings. The molecule has 0 spiro atoms. The summed E-state index contributed by atoms with van der Waals surface area (Å²) in [5.74, 6) is 0.562. The number of anilines is 1. The van der Waals surface area contributed by atoms with Crippen molar-refractivity contribution in [3.63, 3.8) is 0 Å². The van der Waals surface area contributed by atoms with Crippen LogP contribution < -0.4 is 10.6 Å². The molecule has 1 atom stereocenters. The molecule has 170 valence electrons. The van der Waals surface area contributed by atoms with Crippen LogP contribution in [-0.2, 0) is 11.2 Å². The fourth-order valence-corrected chi connectivity index (χ4v) is 4.96. The van der Waals surface area contributed by atoms with Gasteiger partial charge >= 0.3 is 6.03 Å². The molecule has 1 unspecified atom stereocenters. The van der Waals surface area contributed by atoms with E-state index in [-0.39, 0.29) is 18.0 Å². The Morgan fingerprint density at radius 1 is 0.875 bits per heavy atom. The van der Waals surface area contributed by atoms with Crippen molar-refractivity contribution >= 4 is 17.6 Å². The van der Waals surface area contributed by atoms with E-state index < -0.39 is 0 Å². The lowest BCUT2D eigenvalue weighted by molar-refractivity contribution is -0.129. The Balaban J connectivity index is 1.31. The maximum Gasteiger partial charge on any atom is 0.321 e. The van der Waals surface area contributed by atoms with Gasteiger partial charge in [-0.25, -0.2) is 4.79 Å². The van der Waals surface area contributed by atoms with E-state index in [0.29, 0.717) is 25.6 Å². The first-order valence-corrected chi connectivity index (χ1v) is 11.9. The van der Waals surface area contributed by atoms with E-state index in [1.54, 1.807) is 0 Å². The summed E-state index contributed by atoms with van der Waals surface area (Å²) >= 11 is 0. The van der Waals surface area contributed by atoms with Gasteiger partial charge in [0.2, 0.25) is 5.91 Å². The second kappa shape index (κ2) is 11.1. The van der Waals surface area contributed by atoms with Crippen molar-refractivity contribution in [1.82, 2.24) is 15.1 Å². The average molecular weight is 435 g/mol. The molecule has 0 bridgehead atoms. The van der Waals surface area contributed by atoms with Crippen molar-refractivity contribution < 1.29 is 9.59 Å². The molecule has 1 aliphatic heterocycles. The highest BCUT2D eigenvalue weighted by atomic mass is 16.2. The van der Waals surface area contributed by atoms with Crippen molar-refractivity contribution in [3.8, 4) is 0 Å². The third-order valence-corrected chi connectivity index (χ3v) is 6.69. The van der Waals surface area contributed by atoms with Crippen LogP contribution in [0, 0.1) is 5.92 Å². The molecule has 1 heterocycles. The highest BCUT2D eigenvalue weighted by molar-refractivity contribution is 5.89. The number of para-hydroxylation sites is 1. The molecule has 1 saturated heterocycles. The summed E-state index contributed by atoms with van der Waals surface area (Å²) in [4.78, 5) is 30.0. The number of nitrogens with zero attached hydrogens (tertiary/aromatic N) is 2. The lowest BCUT2D eigenvalue weighted by Gasteiger charge is -2.40. The first-order valence-electron chi connectivity index (χ1n) is 11.9. The summed E-state index contributed by atoms with van der Waals surface area (Å²) in [6, 6.07) is 19.7. The minimum atomic E-state index is -0.0902. The Bertz CT molecular complexity index is 860. The van der Waals surface area contributed by atoms with Gasteiger partial charge in [-0.15, -0.1) is 0 Å². The molecular formula is C26H34N4O2. The van der Waals surface area contributed by atoms with E-state index >= 15 is 0 Å². The number of rotatable bonds is 7. The molecule has 4 rings (SSSR count). The second-order valence-electron chi connectivity index (χ2n) is 8.84. The number of nitrogens with one attached hydrogen (secondary N) is 2. The molecule has 1 saturated carbocycles. The van der Waals surface area contributed by atoms with Crippen LogP contribution in [0.2, 0.25) is 0 Å². The number of hydrogen-bond acceptors (Lipinski definition) is 3. The third kappa shape index (κ3) is 5.88. The van der Waals surface area contributed by atoms with Crippen molar-refractivity contribution in [2.24, 2.45) is 5.92 Å². The molecule has 3 amide bonds. The highest BCUT2D eigenvalue weighted by Gasteiger charge is 2.37. The zero-order valence-electron chi connectivity index (χ0n) is 18.7. The van der Waals surface area contributed by atoms with Crippen molar-refractivity contribution in [1.29, 1.82) is 0 Å². The Morgan fingerprint density at radius 3 is 2.16 bits per heavy atom. The number of carbonyl (C=O) groups is 2. The summed E-state index contributed by atoms with van der Waals surface area (Å²) in [6.07, 6.45) is 5.49. The quantitative estimate of drug-likeness (QED) is 0.698. The summed E-state index contributed by atoms with van der Waals surface area (Å²) in [5, 5.41) is 6.16. The van der Waals surface area contributed by atoms with E-state index in [2.05, 4.69) is 27.7 Å². The molecule has 2 aromatic rings. The minimum absolute atomic E-state index is 0.0689. The summed E-state index contributed by atoms with van der Waals surface area (Å²) < 4.78 is 0. The Labute approximate surface area is 191 Å². The van der Waals surface area contributed by atoms with Gasteiger partial charge < -0.3 is 15.5 Å². The SMILES string of the molecule is O=C(NCCc1ccccc1)C(C1CCCC1)N1CCN(C(=O)Nc2ccccc2)CC1. The van der Waals surface area contributed by atoms with Crippen LogP contribution in [-0.4, -0.2) is 60.5 Å². The summed E-state index contributed by atoms with van der Waals surface area (Å²) in [6.45, 7) is 3.40. The first kappa shape index (κ1) is 22.3. The van der Waals surface area contributed by atoms with E-state index in [9.17, 15) is 9.59 Å². The fraction of sp³-hybridized carbons (Fsp3) is 0.462. The zero-order chi connectivity index (χ0) is 22.2. The Kier molecular flexibility index (Phi) is 7.77. The smallest absolute Gasteiger partial charge is 0.321 e. The van der Waals surface area contributed by atoms with E-state index in [1.165, 1.54) is 18.4 Å². The molecular weight excluding hydrogens is 400 g/mol. The van der Waals surface area contributed by atoms with Gasteiger partial charge in [0.05, 0.1) is 6.04 Å².